The lowest BCUT2D eigenvalue weighted by Crippen LogP contribution is -2.35. The number of aromatic nitrogens is 1. The van der Waals surface area contributed by atoms with Crippen molar-refractivity contribution >= 4 is 11.8 Å². The number of ether oxygens (including phenoxy) is 1. The van der Waals surface area contributed by atoms with Crippen molar-refractivity contribution in [2.75, 3.05) is 26.7 Å². The number of nitrogens with zero attached hydrogens (tertiary/aromatic N) is 2. The maximum atomic E-state index is 12.6. The van der Waals surface area contributed by atoms with E-state index in [4.69, 9.17) is 4.74 Å². The van der Waals surface area contributed by atoms with Crippen LogP contribution in [0, 0.1) is 0 Å². The van der Waals surface area contributed by atoms with E-state index < -0.39 is 0 Å². The molecule has 1 fully saturated rings. The van der Waals surface area contributed by atoms with Gasteiger partial charge in [0.2, 0.25) is 0 Å². The number of likely N-dealkylation sites (tertiary alicyclic amines) is 1. The van der Waals surface area contributed by atoms with Crippen LogP contribution in [0.2, 0.25) is 0 Å². The Morgan fingerprint density at radius 1 is 1.11 bits per heavy atom. The molecule has 6 heteroatoms. The molecule has 0 bridgehead atoms. The summed E-state index contributed by atoms with van der Waals surface area (Å²) in [4.78, 5) is 30.9. The Bertz CT molecular complexity index is 801. The fourth-order valence-corrected chi connectivity index (χ4v) is 3.21. The Balaban J connectivity index is 1.57. The van der Waals surface area contributed by atoms with E-state index in [2.05, 4.69) is 10.3 Å². The molecule has 0 radical (unpaired) electrons. The van der Waals surface area contributed by atoms with Gasteiger partial charge in [-0.2, -0.15) is 0 Å². The van der Waals surface area contributed by atoms with Crippen LogP contribution in [-0.4, -0.2) is 48.4 Å². The van der Waals surface area contributed by atoms with E-state index in [1.807, 2.05) is 29.2 Å². The molecule has 2 aromatic rings. The summed E-state index contributed by atoms with van der Waals surface area (Å²) in [5.41, 5.74) is 1.96. The highest BCUT2D eigenvalue weighted by atomic mass is 16.5. The van der Waals surface area contributed by atoms with Crippen LogP contribution in [0.4, 0.5) is 0 Å². The van der Waals surface area contributed by atoms with Gasteiger partial charge in [0.1, 0.15) is 5.75 Å². The van der Waals surface area contributed by atoms with Crippen molar-refractivity contribution in [3.8, 4) is 5.75 Å². The van der Waals surface area contributed by atoms with Gasteiger partial charge in [-0.25, -0.2) is 0 Å². The first-order valence-corrected chi connectivity index (χ1v) is 9.33. The molecule has 142 valence electrons. The number of hydrogen-bond acceptors (Lipinski definition) is 4. The normalized spacial score (nSPS) is 13.9. The van der Waals surface area contributed by atoms with Crippen LogP contribution in [0.15, 0.2) is 42.7 Å². The molecule has 3 rings (SSSR count). The van der Waals surface area contributed by atoms with Gasteiger partial charge in [-0.15, -0.1) is 0 Å². The highest BCUT2D eigenvalue weighted by Crippen LogP contribution is 2.14. The third kappa shape index (κ3) is 5.06. The monoisotopic (exact) mass is 367 g/mol. The van der Waals surface area contributed by atoms with Gasteiger partial charge in [0.05, 0.1) is 18.2 Å². The van der Waals surface area contributed by atoms with Crippen LogP contribution in [0.25, 0.3) is 0 Å². The Morgan fingerprint density at radius 3 is 2.67 bits per heavy atom. The van der Waals surface area contributed by atoms with Crippen LogP contribution in [0.3, 0.4) is 0 Å². The molecule has 0 atom stereocenters. The SMILES string of the molecule is COc1cccc(CCNC(=O)c2cncc(C(=O)N3CCCCC3)c2)c1. The molecule has 1 aromatic heterocycles. The minimum absolute atomic E-state index is 0.0479. The van der Waals surface area contributed by atoms with Gasteiger partial charge in [0.25, 0.3) is 11.8 Å². The standard InChI is InChI=1S/C21H25N3O3/c1-27-19-7-5-6-16(12-19)8-9-23-20(25)17-13-18(15-22-14-17)21(26)24-10-3-2-4-11-24/h5-7,12-15H,2-4,8-11H2,1H3,(H,23,25). The quantitative estimate of drug-likeness (QED) is 0.852. The predicted molar refractivity (Wildman–Crippen MR) is 103 cm³/mol. The molecule has 1 aliphatic heterocycles. The number of carbonyl (C=O) groups is 2. The Morgan fingerprint density at radius 2 is 1.89 bits per heavy atom. The molecule has 1 saturated heterocycles. The summed E-state index contributed by atoms with van der Waals surface area (Å²) in [5, 5.41) is 2.89. The lowest BCUT2D eigenvalue weighted by atomic mass is 10.1. The summed E-state index contributed by atoms with van der Waals surface area (Å²) in [5.74, 6) is 0.527. The van der Waals surface area contributed by atoms with Crippen molar-refractivity contribution in [1.82, 2.24) is 15.2 Å². The summed E-state index contributed by atoms with van der Waals surface area (Å²) in [6, 6.07) is 9.39. The maximum Gasteiger partial charge on any atom is 0.255 e. The second-order valence-electron chi connectivity index (χ2n) is 6.67. The van der Waals surface area contributed by atoms with Crippen molar-refractivity contribution in [3.63, 3.8) is 0 Å². The largest absolute Gasteiger partial charge is 0.497 e. The van der Waals surface area contributed by atoms with Crippen molar-refractivity contribution < 1.29 is 14.3 Å². The molecular formula is C21H25N3O3. The van der Waals surface area contributed by atoms with Gasteiger partial charge in [0, 0.05) is 32.0 Å². The fraction of sp³-hybridized carbons (Fsp3) is 0.381. The molecule has 1 N–H and O–H groups in total. The number of carbonyl (C=O) groups excluding carboxylic acids is 2. The summed E-state index contributed by atoms with van der Waals surface area (Å²) in [6.07, 6.45) is 6.95. The van der Waals surface area contributed by atoms with Crippen molar-refractivity contribution in [1.29, 1.82) is 0 Å². The van der Waals surface area contributed by atoms with Crippen LogP contribution in [-0.2, 0) is 6.42 Å². The first kappa shape index (κ1) is 18.9. The molecule has 2 heterocycles. The van der Waals surface area contributed by atoms with E-state index in [-0.39, 0.29) is 11.8 Å². The first-order valence-electron chi connectivity index (χ1n) is 9.33. The van der Waals surface area contributed by atoms with Gasteiger partial charge in [-0.05, 0) is 49.4 Å². The molecular weight excluding hydrogens is 342 g/mol. The average Bonchev–Trinajstić information content (AvgIpc) is 2.74. The number of amides is 2. The fourth-order valence-electron chi connectivity index (χ4n) is 3.21. The molecule has 6 nitrogen and oxygen atoms in total. The number of methoxy groups -OCH3 is 1. The van der Waals surface area contributed by atoms with Gasteiger partial charge in [-0.1, -0.05) is 12.1 Å². The molecule has 0 aliphatic carbocycles. The van der Waals surface area contributed by atoms with Gasteiger partial charge in [0.15, 0.2) is 0 Å². The second kappa shape index (κ2) is 9.16. The molecule has 1 aliphatic rings. The zero-order valence-electron chi connectivity index (χ0n) is 15.6. The lowest BCUT2D eigenvalue weighted by Gasteiger charge is -2.26. The molecule has 1 aromatic carbocycles. The van der Waals surface area contributed by atoms with Crippen LogP contribution >= 0.6 is 0 Å². The van der Waals surface area contributed by atoms with E-state index in [0.717, 1.165) is 43.7 Å². The third-order valence-corrected chi connectivity index (χ3v) is 4.72. The smallest absolute Gasteiger partial charge is 0.255 e. The molecule has 0 unspecified atom stereocenters. The summed E-state index contributed by atoms with van der Waals surface area (Å²) in [7, 11) is 1.63. The van der Waals surface area contributed by atoms with Gasteiger partial charge < -0.3 is 15.0 Å². The van der Waals surface area contributed by atoms with E-state index in [9.17, 15) is 9.59 Å². The van der Waals surface area contributed by atoms with E-state index in [1.165, 1.54) is 12.4 Å². The zero-order valence-corrected chi connectivity index (χ0v) is 15.6. The topological polar surface area (TPSA) is 71.5 Å². The number of rotatable bonds is 6. The minimum Gasteiger partial charge on any atom is -0.497 e. The van der Waals surface area contributed by atoms with Crippen molar-refractivity contribution in [2.24, 2.45) is 0 Å². The molecule has 0 spiro atoms. The Kier molecular flexibility index (Phi) is 6.41. The third-order valence-electron chi connectivity index (χ3n) is 4.72. The summed E-state index contributed by atoms with van der Waals surface area (Å²) >= 11 is 0. The highest BCUT2D eigenvalue weighted by molar-refractivity contribution is 5.99. The van der Waals surface area contributed by atoms with Crippen LogP contribution in [0.5, 0.6) is 5.75 Å². The van der Waals surface area contributed by atoms with E-state index >= 15 is 0 Å². The number of pyridine rings is 1. The number of hydrogen-bond donors (Lipinski definition) is 1. The van der Waals surface area contributed by atoms with Gasteiger partial charge in [-0.3, -0.25) is 14.6 Å². The number of piperidine rings is 1. The molecule has 27 heavy (non-hydrogen) atoms. The first-order chi connectivity index (χ1) is 13.2. The maximum absolute atomic E-state index is 12.6. The number of benzene rings is 1. The average molecular weight is 367 g/mol. The molecule has 0 saturated carbocycles. The lowest BCUT2D eigenvalue weighted by molar-refractivity contribution is 0.0724. The van der Waals surface area contributed by atoms with E-state index in [0.29, 0.717) is 24.1 Å². The number of nitrogens with one attached hydrogen (secondary N) is 1. The summed E-state index contributed by atoms with van der Waals surface area (Å²) in [6.45, 7) is 2.04. The second-order valence-corrected chi connectivity index (χ2v) is 6.67. The zero-order chi connectivity index (χ0) is 19.1. The van der Waals surface area contributed by atoms with Crippen LogP contribution in [0.1, 0.15) is 45.5 Å². The minimum atomic E-state index is -0.223. The van der Waals surface area contributed by atoms with E-state index in [1.54, 1.807) is 13.2 Å². The Labute approximate surface area is 159 Å². The van der Waals surface area contributed by atoms with Gasteiger partial charge >= 0.3 is 0 Å². The highest BCUT2D eigenvalue weighted by Gasteiger charge is 2.19. The Hall–Kier alpha value is -2.89. The van der Waals surface area contributed by atoms with Crippen LogP contribution < -0.4 is 10.1 Å². The molecule has 2 amide bonds. The predicted octanol–water partition coefficient (Wildman–Crippen LogP) is 2.69. The summed E-state index contributed by atoms with van der Waals surface area (Å²) < 4.78 is 5.21. The van der Waals surface area contributed by atoms with Crippen molar-refractivity contribution in [3.05, 3.63) is 59.4 Å². The van der Waals surface area contributed by atoms with Crippen molar-refractivity contribution in [2.45, 2.75) is 25.7 Å².